The molecule has 0 heterocycles. The quantitative estimate of drug-likeness (QED) is 0.847. The number of aliphatic hydroxyl groups excluding tert-OH is 1. The molecule has 2 aromatic carbocycles. The molecular weight excluding hydrogens is 270 g/mol. The van der Waals surface area contributed by atoms with Crippen molar-refractivity contribution in [3.8, 4) is 0 Å². The molecule has 0 saturated heterocycles. The largest absolute Gasteiger partial charge is 0.392 e. The molecule has 0 fully saturated rings. The van der Waals surface area contributed by atoms with Crippen LogP contribution in [-0.2, 0) is 6.61 Å². The van der Waals surface area contributed by atoms with Crippen molar-refractivity contribution in [3.63, 3.8) is 0 Å². The molecule has 4 heteroatoms. The van der Waals surface area contributed by atoms with Crippen molar-refractivity contribution in [1.82, 2.24) is 0 Å². The Hall–Kier alpha value is -1.78. The molecule has 104 valence electrons. The first-order chi connectivity index (χ1) is 9.63. The summed E-state index contributed by atoms with van der Waals surface area (Å²) in [6.07, 6.45) is 2.00. The van der Waals surface area contributed by atoms with E-state index in [9.17, 15) is 4.79 Å². The molecule has 20 heavy (non-hydrogen) atoms. The van der Waals surface area contributed by atoms with Crippen LogP contribution in [0.1, 0.15) is 21.5 Å². The highest BCUT2D eigenvalue weighted by molar-refractivity contribution is 7.98. The summed E-state index contributed by atoms with van der Waals surface area (Å²) in [6, 6.07) is 13.0. The maximum Gasteiger partial charge on any atom is 0.255 e. The lowest BCUT2D eigenvalue weighted by atomic mass is 10.1. The molecule has 0 aliphatic rings. The van der Waals surface area contributed by atoms with Crippen LogP contribution in [0.15, 0.2) is 47.4 Å². The summed E-state index contributed by atoms with van der Waals surface area (Å²) < 4.78 is 0. The van der Waals surface area contributed by atoms with Crippen LogP contribution in [0.3, 0.4) is 0 Å². The smallest absolute Gasteiger partial charge is 0.255 e. The van der Waals surface area contributed by atoms with Crippen molar-refractivity contribution in [2.75, 3.05) is 11.6 Å². The number of thioether (sulfide) groups is 1. The van der Waals surface area contributed by atoms with E-state index in [1.807, 2.05) is 49.6 Å². The van der Waals surface area contributed by atoms with Gasteiger partial charge in [0.1, 0.15) is 0 Å². The van der Waals surface area contributed by atoms with Gasteiger partial charge in [0.15, 0.2) is 0 Å². The van der Waals surface area contributed by atoms with Crippen LogP contribution < -0.4 is 5.32 Å². The third-order valence-corrected chi connectivity index (χ3v) is 3.83. The topological polar surface area (TPSA) is 49.3 Å². The van der Waals surface area contributed by atoms with Crippen LogP contribution in [0.25, 0.3) is 0 Å². The van der Waals surface area contributed by atoms with Crippen LogP contribution in [0.5, 0.6) is 0 Å². The van der Waals surface area contributed by atoms with Crippen molar-refractivity contribution in [2.24, 2.45) is 0 Å². The average Bonchev–Trinajstić information content (AvgIpc) is 2.49. The first-order valence-electron chi connectivity index (χ1n) is 6.30. The van der Waals surface area contributed by atoms with Crippen molar-refractivity contribution in [3.05, 3.63) is 59.2 Å². The molecule has 0 aliphatic heterocycles. The lowest BCUT2D eigenvalue weighted by Gasteiger charge is -2.10. The Labute approximate surface area is 123 Å². The van der Waals surface area contributed by atoms with Gasteiger partial charge in [-0.15, -0.1) is 11.8 Å². The van der Waals surface area contributed by atoms with Gasteiger partial charge in [-0.3, -0.25) is 4.79 Å². The fraction of sp³-hybridized carbons (Fsp3) is 0.188. The number of benzene rings is 2. The Bertz CT molecular complexity index is 608. The van der Waals surface area contributed by atoms with Gasteiger partial charge in [-0.25, -0.2) is 0 Å². The first-order valence-corrected chi connectivity index (χ1v) is 7.52. The van der Waals surface area contributed by atoms with Crippen LogP contribution in [0.4, 0.5) is 5.69 Å². The number of hydrogen-bond donors (Lipinski definition) is 2. The summed E-state index contributed by atoms with van der Waals surface area (Å²) in [7, 11) is 0. The summed E-state index contributed by atoms with van der Waals surface area (Å²) in [5.74, 6) is -0.143. The standard InChI is InChI=1S/C16H17NO2S/c1-11-3-4-12(10-18)9-15(11)17-16(19)13-5-7-14(20-2)8-6-13/h3-9,18H,10H2,1-2H3,(H,17,19). The van der Waals surface area contributed by atoms with E-state index in [2.05, 4.69) is 5.32 Å². The van der Waals surface area contributed by atoms with E-state index in [1.54, 1.807) is 17.8 Å². The van der Waals surface area contributed by atoms with Gasteiger partial charge in [0.2, 0.25) is 0 Å². The molecule has 2 rings (SSSR count). The average molecular weight is 287 g/mol. The van der Waals surface area contributed by atoms with E-state index in [0.717, 1.165) is 21.7 Å². The van der Waals surface area contributed by atoms with Crippen LogP contribution in [0.2, 0.25) is 0 Å². The molecule has 2 N–H and O–H groups in total. The third-order valence-electron chi connectivity index (χ3n) is 3.08. The zero-order valence-corrected chi connectivity index (χ0v) is 12.3. The Kier molecular flexibility index (Phi) is 4.82. The van der Waals surface area contributed by atoms with E-state index >= 15 is 0 Å². The number of nitrogens with one attached hydrogen (secondary N) is 1. The van der Waals surface area contributed by atoms with Gasteiger partial charge in [-0.1, -0.05) is 12.1 Å². The van der Waals surface area contributed by atoms with Gasteiger partial charge < -0.3 is 10.4 Å². The minimum atomic E-state index is -0.143. The Morgan fingerprint density at radius 3 is 2.50 bits per heavy atom. The number of carbonyl (C=O) groups is 1. The molecule has 0 radical (unpaired) electrons. The lowest BCUT2D eigenvalue weighted by molar-refractivity contribution is 0.102. The summed E-state index contributed by atoms with van der Waals surface area (Å²) in [4.78, 5) is 13.3. The molecule has 0 saturated carbocycles. The van der Waals surface area contributed by atoms with Crippen LogP contribution in [-0.4, -0.2) is 17.3 Å². The zero-order valence-electron chi connectivity index (χ0n) is 11.5. The number of aryl methyl sites for hydroxylation is 1. The second-order valence-electron chi connectivity index (χ2n) is 4.49. The maximum atomic E-state index is 12.2. The minimum Gasteiger partial charge on any atom is -0.392 e. The molecular formula is C16H17NO2S. The number of anilines is 1. The predicted octanol–water partition coefficient (Wildman–Crippen LogP) is 3.46. The molecule has 0 atom stereocenters. The van der Waals surface area contributed by atoms with E-state index < -0.39 is 0 Å². The van der Waals surface area contributed by atoms with E-state index in [0.29, 0.717) is 5.56 Å². The number of aliphatic hydroxyl groups is 1. The number of hydrogen-bond acceptors (Lipinski definition) is 3. The monoisotopic (exact) mass is 287 g/mol. The van der Waals surface area contributed by atoms with Crippen LogP contribution in [0, 0.1) is 6.92 Å². The molecule has 1 amide bonds. The number of rotatable bonds is 4. The molecule has 0 aliphatic carbocycles. The van der Waals surface area contributed by atoms with E-state index in [4.69, 9.17) is 5.11 Å². The summed E-state index contributed by atoms with van der Waals surface area (Å²) >= 11 is 1.64. The second kappa shape index (κ2) is 6.59. The fourth-order valence-electron chi connectivity index (χ4n) is 1.84. The fourth-order valence-corrected chi connectivity index (χ4v) is 2.25. The second-order valence-corrected chi connectivity index (χ2v) is 5.37. The summed E-state index contributed by atoms with van der Waals surface area (Å²) in [5.41, 5.74) is 3.10. The van der Waals surface area contributed by atoms with Crippen molar-refractivity contribution in [2.45, 2.75) is 18.4 Å². The van der Waals surface area contributed by atoms with Crippen LogP contribution >= 0.6 is 11.8 Å². The predicted molar refractivity (Wildman–Crippen MR) is 83.3 cm³/mol. The highest BCUT2D eigenvalue weighted by Crippen LogP contribution is 2.19. The van der Waals surface area contributed by atoms with Crippen molar-refractivity contribution in [1.29, 1.82) is 0 Å². The highest BCUT2D eigenvalue weighted by Gasteiger charge is 2.08. The minimum absolute atomic E-state index is 0.0361. The SMILES string of the molecule is CSc1ccc(C(=O)Nc2cc(CO)ccc2C)cc1. The van der Waals surface area contributed by atoms with Gasteiger partial charge in [0, 0.05) is 16.1 Å². The van der Waals surface area contributed by atoms with Gasteiger partial charge in [-0.05, 0) is 54.6 Å². The molecule has 0 bridgehead atoms. The molecule has 0 aromatic heterocycles. The van der Waals surface area contributed by atoms with Crippen molar-refractivity contribution >= 4 is 23.4 Å². The zero-order chi connectivity index (χ0) is 14.5. The number of carbonyl (C=O) groups excluding carboxylic acids is 1. The maximum absolute atomic E-state index is 12.2. The summed E-state index contributed by atoms with van der Waals surface area (Å²) in [6.45, 7) is 1.89. The van der Waals surface area contributed by atoms with Crippen molar-refractivity contribution < 1.29 is 9.90 Å². The Morgan fingerprint density at radius 2 is 1.90 bits per heavy atom. The van der Waals surface area contributed by atoms with Gasteiger partial charge in [-0.2, -0.15) is 0 Å². The van der Waals surface area contributed by atoms with E-state index in [1.165, 1.54) is 0 Å². The van der Waals surface area contributed by atoms with Gasteiger partial charge in [0.25, 0.3) is 5.91 Å². The Balaban J connectivity index is 2.18. The molecule has 0 unspecified atom stereocenters. The highest BCUT2D eigenvalue weighted by atomic mass is 32.2. The normalized spacial score (nSPS) is 10.3. The molecule has 3 nitrogen and oxygen atoms in total. The first kappa shape index (κ1) is 14.6. The van der Waals surface area contributed by atoms with Gasteiger partial charge in [0.05, 0.1) is 6.61 Å². The third kappa shape index (κ3) is 3.40. The lowest BCUT2D eigenvalue weighted by Crippen LogP contribution is -2.12. The van der Waals surface area contributed by atoms with Gasteiger partial charge >= 0.3 is 0 Å². The summed E-state index contributed by atoms with van der Waals surface area (Å²) in [5, 5.41) is 12.0. The van der Waals surface area contributed by atoms with E-state index in [-0.39, 0.29) is 12.5 Å². The number of amides is 1. The molecule has 2 aromatic rings. The molecule has 0 spiro atoms. The Morgan fingerprint density at radius 1 is 1.20 bits per heavy atom.